The number of carbonyl (C=O) groups is 2. The number of methoxy groups -OCH3 is 1. The molecule has 124 valence electrons. The summed E-state index contributed by atoms with van der Waals surface area (Å²) >= 11 is 0. The Balaban J connectivity index is 2.35. The van der Waals surface area contributed by atoms with Gasteiger partial charge < -0.3 is 15.0 Å². The standard InChI is InChI=1S/C17H23N3O3/c1-5-19(6-2)13-9-8-12(15(11-13)23-4)10-14-16(21)20(7-3)17(22)18-14/h8-11H,5-7H2,1-4H3,(H,18,22)/b14-10+. The molecule has 6 nitrogen and oxygen atoms in total. The van der Waals surface area contributed by atoms with E-state index in [1.54, 1.807) is 20.1 Å². The van der Waals surface area contributed by atoms with Crippen molar-refractivity contribution in [1.82, 2.24) is 10.2 Å². The van der Waals surface area contributed by atoms with E-state index in [0.717, 1.165) is 24.3 Å². The van der Waals surface area contributed by atoms with E-state index in [4.69, 9.17) is 4.74 Å². The van der Waals surface area contributed by atoms with Gasteiger partial charge in [-0.05, 0) is 39.0 Å². The zero-order chi connectivity index (χ0) is 17.0. The van der Waals surface area contributed by atoms with E-state index in [-0.39, 0.29) is 17.6 Å². The van der Waals surface area contributed by atoms with Crippen molar-refractivity contribution in [1.29, 1.82) is 0 Å². The summed E-state index contributed by atoms with van der Waals surface area (Å²) in [6, 6.07) is 5.44. The fourth-order valence-corrected chi connectivity index (χ4v) is 2.62. The molecule has 1 aliphatic heterocycles. The SMILES string of the molecule is CCN1C(=O)N/C(=C/c2ccc(N(CC)CC)cc2OC)C1=O. The minimum Gasteiger partial charge on any atom is -0.496 e. The third-order valence-corrected chi connectivity index (χ3v) is 3.92. The van der Waals surface area contributed by atoms with Gasteiger partial charge in [0.25, 0.3) is 5.91 Å². The lowest BCUT2D eigenvalue weighted by molar-refractivity contribution is -0.122. The van der Waals surface area contributed by atoms with Crippen molar-refractivity contribution in [2.24, 2.45) is 0 Å². The largest absolute Gasteiger partial charge is 0.496 e. The first-order valence-electron chi connectivity index (χ1n) is 7.83. The molecule has 2 rings (SSSR count). The number of likely N-dealkylation sites (N-methyl/N-ethyl adjacent to an activating group) is 1. The fourth-order valence-electron chi connectivity index (χ4n) is 2.62. The van der Waals surface area contributed by atoms with Crippen LogP contribution in [0.5, 0.6) is 5.75 Å². The molecule has 1 aromatic rings. The zero-order valence-electron chi connectivity index (χ0n) is 14.0. The van der Waals surface area contributed by atoms with Crippen molar-refractivity contribution >= 4 is 23.7 Å². The zero-order valence-corrected chi connectivity index (χ0v) is 14.0. The molecule has 0 bridgehead atoms. The number of benzene rings is 1. The molecule has 0 aromatic heterocycles. The maximum atomic E-state index is 12.1. The monoisotopic (exact) mass is 317 g/mol. The highest BCUT2D eigenvalue weighted by Gasteiger charge is 2.32. The second kappa shape index (κ2) is 7.17. The van der Waals surface area contributed by atoms with Crippen LogP contribution in [0.15, 0.2) is 23.9 Å². The quantitative estimate of drug-likeness (QED) is 0.647. The number of nitrogens with zero attached hydrogens (tertiary/aromatic N) is 2. The Morgan fingerprint density at radius 2 is 1.91 bits per heavy atom. The molecule has 1 fully saturated rings. The van der Waals surface area contributed by atoms with Crippen LogP contribution in [0, 0.1) is 0 Å². The summed E-state index contributed by atoms with van der Waals surface area (Å²) in [5.74, 6) is 0.353. The van der Waals surface area contributed by atoms with E-state index in [1.807, 2.05) is 18.2 Å². The Morgan fingerprint density at radius 3 is 2.43 bits per heavy atom. The molecule has 1 aliphatic rings. The van der Waals surface area contributed by atoms with Crippen LogP contribution in [0.2, 0.25) is 0 Å². The van der Waals surface area contributed by atoms with E-state index in [0.29, 0.717) is 12.3 Å². The number of nitrogens with one attached hydrogen (secondary N) is 1. The van der Waals surface area contributed by atoms with E-state index >= 15 is 0 Å². The summed E-state index contributed by atoms with van der Waals surface area (Å²) in [5.41, 5.74) is 2.08. The number of rotatable bonds is 6. The maximum absolute atomic E-state index is 12.1. The molecule has 0 unspecified atom stereocenters. The molecule has 1 saturated heterocycles. The molecule has 0 saturated carbocycles. The number of carbonyl (C=O) groups excluding carboxylic acids is 2. The van der Waals surface area contributed by atoms with Gasteiger partial charge in [0.05, 0.1) is 7.11 Å². The van der Waals surface area contributed by atoms with Gasteiger partial charge in [-0.15, -0.1) is 0 Å². The first-order chi connectivity index (χ1) is 11.0. The molecule has 3 amide bonds. The minimum atomic E-state index is -0.387. The lowest BCUT2D eigenvalue weighted by atomic mass is 10.1. The van der Waals surface area contributed by atoms with Gasteiger partial charge in [-0.3, -0.25) is 9.69 Å². The predicted molar refractivity (Wildman–Crippen MR) is 90.5 cm³/mol. The smallest absolute Gasteiger partial charge is 0.328 e. The molecular weight excluding hydrogens is 294 g/mol. The average molecular weight is 317 g/mol. The summed E-state index contributed by atoms with van der Waals surface area (Å²) in [5, 5.41) is 2.60. The molecule has 23 heavy (non-hydrogen) atoms. The summed E-state index contributed by atoms with van der Waals surface area (Å²) in [7, 11) is 1.59. The van der Waals surface area contributed by atoms with Crippen molar-refractivity contribution in [3.05, 3.63) is 29.5 Å². The normalized spacial score (nSPS) is 16.0. The van der Waals surface area contributed by atoms with E-state index in [1.165, 1.54) is 4.90 Å². The second-order valence-corrected chi connectivity index (χ2v) is 5.14. The molecule has 6 heteroatoms. The van der Waals surface area contributed by atoms with Gasteiger partial charge >= 0.3 is 6.03 Å². The van der Waals surface area contributed by atoms with Crippen molar-refractivity contribution in [3.8, 4) is 5.75 Å². The maximum Gasteiger partial charge on any atom is 0.328 e. The van der Waals surface area contributed by atoms with Crippen LogP contribution in [0.1, 0.15) is 26.3 Å². The number of hydrogen-bond acceptors (Lipinski definition) is 4. The number of anilines is 1. The molecule has 0 spiro atoms. The highest BCUT2D eigenvalue weighted by molar-refractivity contribution is 6.14. The first kappa shape index (κ1) is 16.9. The molecule has 0 atom stereocenters. The van der Waals surface area contributed by atoms with Crippen molar-refractivity contribution in [3.63, 3.8) is 0 Å². The van der Waals surface area contributed by atoms with Crippen LogP contribution in [-0.2, 0) is 4.79 Å². The van der Waals surface area contributed by atoms with E-state index in [2.05, 4.69) is 24.1 Å². The summed E-state index contributed by atoms with van der Waals surface area (Å²) in [6.07, 6.45) is 1.65. The van der Waals surface area contributed by atoms with E-state index < -0.39 is 0 Å². The summed E-state index contributed by atoms with van der Waals surface area (Å²) in [6.45, 7) is 8.11. The number of hydrogen-bond donors (Lipinski definition) is 1. The van der Waals surface area contributed by atoms with Crippen LogP contribution in [0.3, 0.4) is 0 Å². The summed E-state index contributed by atoms with van der Waals surface area (Å²) < 4.78 is 5.44. The Bertz CT molecular complexity index is 636. The molecule has 1 aromatic carbocycles. The predicted octanol–water partition coefficient (Wildman–Crippen LogP) is 2.45. The number of urea groups is 1. The van der Waals surface area contributed by atoms with Crippen molar-refractivity contribution in [2.45, 2.75) is 20.8 Å². The molecule has 1 heterocycles. The molecular formula is C17H23N3O3. The van der Waals surface area contributed by atoms with Crippen LogP contribution in [-0.4, -0.2) is 43.6 Å². The van der Waals surface area contributed by atoms with Gasteiger partial charge in [0.2, 0.25) is 0 Å². The van der Waals surface area contributed by atoms with Gasteiger partial charge in [-0.25, -0.2) is 4.79 Å². The van der Waals surface area contributed by atoms with Gasteiger partial charge in [0.1, 0.15) is 11.4 Å². The topological polar surface area (TPSA) is 61.9 Å². The average Bonchev–Trinajstić information content (AvgIpc) is 2.83. The number of amides is 3. The second-order valence-electron chi connectivity index (χ2n) is 5.14. The minimum absolute atomic E-state index is 0.269. The fraction of sp³-hybridized carbons (Fsp3) is 0.412. The van der Waals surface area contributed by atoms with Crippen LogP contribution >= 0.6 is 0 Å². The van der Waals surface area contributed by atoms with Gasteiger partial charge in [0, 0.05) is 37.0 Å². The molecule has 1 N–H and O–H groups in total. The lowest BCUT2D eigenvalue weighted by Crippen LogP contribution is -2.30. The lowest BCUT2D eigenvalue weighted by Gasteiger charge is -2.22. The van der Waals surface area contributed by atoms with Crippen LogP contribution in [0.4, 0.5) is 10.5 Å². The van der Waals surface area contributed by atoms with E-state index in [9.17, 15) is 9.59 Å². The van der Waals surface area contributed by atoms with Crippen LogP contribution < -0.4 is 15.0 Å². The van der Waals surface area contributed by atoms with Crippen molar-refractivity contribution in [2.75, 3.05) is 31.6 Å². The Hall–Kier alpha value is -2.50. The third kappa shape index (κ3) is 3.31. The summed E-state index contributed by atoms with van der Waals surface area (Å²) in [4.78, 5) is 27.2. The highest BCUT2D eigenvalue weighted by atomic mass is 16.5. The van der Waals surface area contributed by atoms with Crippen LogP contribution in [0.25, 0.3) is 6.08 Å². The Labute approximate surface area is 136 Å². The number of imide groups is 1. The molecule has 0 aliphatic carbocycles. The Kier molecular flexibility index (Phi) is 5.26. The first-order valence-corrected chi connectivity index (χ1v) is 7.83. The van der Waals surface area contributed by atoms with Gasteiger partial charge in [-0.1, -0.05) is 0 Å². The molecule has 0 radical (unpaired) electrons. The Morgan fingerprint density at radius 1 is 1.22 bits per heavy atom. The van der Waals surface area contributed by atoms with Gasteiger partial charge in [-0.2, -0.15) is 0 Å². The number of ether oxygens (including phenoxy) is 1. The van der Waals surface area contributed by atoms with Gasteiger partial charge in [0.15, 0.2) is 0 Å². The van der Waals surface area contributed by atoms with Crippen molar-refractivity contribution < 1.29 is 14.3 Å². The third-order valence-electron chi connectivity index (χ3n) is 3.92. The highest BCUT2D eigenvalue weighted by Crippen LogP contribution is 2.28.